The smallest absolute Gasteiger partial charge is 0.191 e. The van der Waals surface area contributed by atoms with Crippen molar-refractivity contribution in [3.05, 3.63) is 53.9 Å². The minimum atomic E-state index is 0. The Labute approximate surface area is 172 Å². The van der Waals surface area contributed by atoms with E-state index >= 15 is 0 Å². The number of ether oxygens (including phenoxy) is 2. The molecule has 1 heterocycles. The van der Waals surface area contributed by atoms with Crippen LogP contribution in [-0.2, 0) is 13.0 Å². The largest absolute Gasteiger partial charge is 0.497 e. The SMILES string of the molecule is CCNC(=NCc1ccc(OC)cc1OC)NCCc1ccccn1.I. The monoisotopic (exact) mass is 470 g/mol. The number of halogens is 1. The van der Waals surface area contributed by atoms with E-state index in [1.165, 1.54) is 0 Å². The van der Waals surface area contributed by atoms with E-state index in [0.717, 1.165) is 48.2 Å². The van der Waals surface area contributed by atoms with Crippen molar-refractivity contribution in [2.24, 2.45) is 4.99 Å². The zero-order valence-electron chi connectivity index (χ0n) is 15.5. The van der Waals surface area contributed by atoms with Gasteiger partial charge in [0.1, 0.15) is 11.5 Å². The minimum absolute atomic E-state index is 0. The quantitative estimate of drug-likeness (QED) is 0.353. The van der Waals surface area contributed by atoms with E-state index in [0.29, 0.717) is 6.54 Å². The number of methoxy groups -OCH3 is 2. The number of benzene rings is 1. The summed E-state index contributed by atoms with van der Waals surface area (Å²) in [6.07, 6.45) is 2.65. The van der Waals surface area contributed by atoms with Crippen LogP contribution in [0.15, 0.2) is 47.6 Å². The Balaban J connectivity index is 0.00000338. The van der Waals surface area contributed by atoms with Crippen LogP contribution in [0, 0.1) is 0 Å². The van der Waals surface area contributed by atoms with Gasteiger partial charge in [-0.2, -0.15) is 0 Å². The second-order valence-electron chi connectivity index (χ2n) is 5.37. The van der Waals surface area contributed by atoms with Crippen molar-refractivity contribution < 1.29 is 9.47 Å². The van der Waals surface area contributed by atoms with Gasteiger partial charge in [-0.25, -0.2) is 4.99 Å². The third-order valence-corrected chi connectivity index (χ3v) is 3.65. The van der Waals surface area contributed by atoms with E-state index in [9.17, 15) is 0 Å². The summed E-state index contributed by atoms with van der Waals surface area (Å²) in [7, 11) is 3.29. The molecule has 6 nitrogen and oxygen atoms in total. The number of guanidine groups is 1. The van der Waals surface area contributed by atoms with Gasteiger partial charge in [-0.15, -0.1) is 24.0 Å². The minimum Gasteiger partial charge on any atom is -0.497 e. The molecule has 7 heteroatoms. The van der Waals surface area contributed by atoms with Gasteiger partial charge in [-0.05, 0) is 31.2 Å². The molecule has 0 unspecified atom stereocenters. The van der Waals surface area contributed by atoms with Gasteiger partial charge < -0.3 is 20.1 Å². The van der Waals surface area contributed by atoms with E-state index in [4.69, 9.17) is 9.47 Å². The molecular formula is C19H27IN4O2. The highest BCUT2D eigenvalue weighted by Gasteiger charge is 2.05. The molecule has 0 bridgehead atoms. The van der Waals surface area contributed by atoms with Crippen LogP contribution in [-0.4, -0.2) is 38.3 Å². The van der Waals surface area contributed by atoms with Crippen molar-refractivity contribution in [1.82, 2.24) is 15.6 Å². The number of hydrogen-bond donors (Lipinski definition) is 2. The highest BCUT2D eigenvalue weighted by Crippen LogP contribution is 2.25. The predicted octanol–water partition coefficient (Wildman–Crippen LogP) is 3.01. The Bertz CT molecular complexity index is 680. The molecule has 0 aliphatic heterocycles. The number of pyridine rings is 1. The standard InChI is InChI=1S/C19H26N4O2.HI/c1-4-20-19(22-12-10-16-7-5-6-11-21-16)23-14-15-8-9-17(24-2)13-18(15)25-3;/h5-9,11,13H,4,10,12,14H2,1-3H3,(H2,20,22,23);1H. The second kappa shape index (κ2) is 12.3. The molecule has 26 heavy (non-hydrogen) atoms. The maximum atomic E-state index is 5.42. The van der Waals surface area contributed by atoms with Crippen molar-refractivity contribution in [3.8, 4) is 11.5 Å². The van der Waals surface area contributed by atoms with Crippen LogP contribution in [0.4, 0.5) is 0 Å². The van der Waals surface area contributed by atoms with E-state index < -0.39 is 0 Å². The van der Waals surface area contributed by atoms with Crippen molar-refractivity contribution in [2.45, 2.75) is 19.9 Å². The molecule has 0 aliphatic rings. The molecule has 1 aromatic carbocycles. The number of rotatable bonds is 8. The summed E-state index contributed by atoms with van der Waals surface area (Å²) in [5.74, 6) is 2.31. The van der Waals surface area contributed by atoms with Crippen LogP contribution in [0.3, 0.4) is 0 Å². The van der Waals surface area contributed by atoms with Gasteiger partial charge in [0.25, 0.3) is 0 Å². The summed E-state index contributed by atoms with van der Waals surface area (Å²) >= 11 is 0. The van der Waals surface area contributed by atoms with Crippen LogP contribution < -0.4 is 20.1 Å². The maximum Gasteiger partial charge on any atom is 0.191 e. The first-order chi connectivity index (χ1) is 12.3. The Morgan fingerprint density at radius 3 is 2.62 bits per heavy atom. The van der Waals surface area contributed by atoms with Crippen LogP contribution in [0.2, 0.25) is 0 Å². The van der Waals surface area contributed by atoms with Gasteiger partial charge in [0, 0.05) is 43.0 Å². The molecule has 0 radical (unpaired) electrons. The van der Waals surface area contributed by atoms with Gasteiger partial charge in [0.05, 0.1) is 20.8 Å². The number of aliphatic imine (C=N–C) groups is 1. The summed E-state index contributed by atoms with van der Waals surface area (Å²) in [5.41, 5.74) is 2.06. The van der Waals surface area contributed by atoms with Crippen molar-refractivity contribution in [1.29, 1.82) is 0 Å². The zero-order valence-corrected chi connectivity index (χ0v) is 17.8. The topological polar surface area (TPSA) is 67.8 Å². The Morgan fingerprint density at radius 1 is 1.12 bits per heavy atom. The lowest BCUT2D eigenvalue weighted by atomic mass is 10.2. The van der Waals surface area contributed by atoms with Gasteiger partial charge in [-0.1, -0.05) is 6.07 Å². The van der Waals surface area contributed by atoms with E-state index in [1.807, 2.05) is 49.5 Å². The lowest BCUT2D eigenvalue weighted by molar-refractivity contribution is 0.391. The van der Waals surface area contributed by atoms with Crippen LogP contribution in [0.25, 0.3) is 0 Å². The van der Waals surface area contributed by atoms with Crippen molar-refractivity contribution >= 4 is 29.9 Å². The van der Waals surface area contributed by atoms with Crippen molar-refractivity contribution in [2.75, 3.05) is 27.3 Å². The van der Waals surface area contributed by atoms with Gasteiger partial charge in [-0.3, -0.25) is 4.98 Å². The summed E-state index contributed by atoms with van der Waals surface area (Å²) in [6.45, 7) is 4.13. The van der Waals surface area contributed by atoms with Crippen LogP contribution in [0.1, 0.15) is 18.2 Å². The van der Waals surface area contributed by atoms with Gasteiger partial charge >= 0.3 is 0 Å². The molecule has 0 saturated heterocycles. The van der Waals surface area contributed by atoms with Gasteiger partial charge in [0.15, 0.2) is 5.96 Å². The third kappa shape index (κ3) is 7.07. The summed E-state index contributed by atoms with van der Waals surface area (Å²) in [5, 5.41) is 6.58. The number of nitrogens with one attached hydrogen (secondary N) is 2. The number of nitrogens with zero attached hydrogens (tertiary/aromatic N) is 2. The predicted molar refractivity (Wildman–Crippen MR) is 116 cm³/mol. The van der Waals surface area contributed by atoms with Crippen LogP contribution in [0.5, 0.6) is 11.5 Å². The average Bonchev–Trinajstić information content (AvgIpc) is 2.66. The molecule has 0 aliphatic carbocycles. The normalized spacial score (nSPS) is 10.7. The van der Waals surface area contributed by atoms with E-state index in [2.05, 4.69) is 20.6 Å². The fraction of sp³-hybridized carbons (Fsp3) is 0.368. The Kier molecular flexibility index (Phi) is 10.5. The van der Waals surface area contributed by atoms with E-state index in [1.54, 1.807) is 14.2 Å². The fourth-order valence-electron chi connectivity index (χ4n) is 2.34. The van der Waals surface area contributed by atoms with Crippen LogP contribution >= 0.6 is 24.0 Å². The third-order valence-electron chi connectivity index (χ3n) is 3.65. The fourth-order valence-corrected chi connectivity index (χ4v) is 2.34. The first-order valence-electron chi connectivity index (χ1n) is 8.39. The molecular weight excluding hydrogens is 443 g/mol. The number of aromatic nitrogens is 1. The highest BCUT2D eigenvalue weighted by molar-refractivity contribution is 14.0. The molecule has 2 aromatic rings. The zero-order chi connectivity index (χ0) is 17.9. The lowest BCUT2D eigenvalue weighted by Gasteiger charge is -2.12. The molecule has 0 spiro atoms. The molecule has 142 valence electrons. The van der Waals surface area contributed by atoms with Crippen molar-refractivity contribution in [3.63, 3.8) is 0 Å². The summed E-state index contributed by atoms with van der Waals surface area (Å²) < 4.78 is 10.6. The maximum absolute atomic E-state index is 5.42. The molecule has 1 aromatic heterocycles. The number of hydrogen-bond acceptors (Lipinski definition) is 4. The molecule has 0 fully saturated rings. The Morgan fingerprint density at radius 2 is 1.96 bits per heavy atom. The first-order valence-corrected chi connectivity index (χ1v) is 8.39. The summed E-state index contributed by atoms with van der Waals surface area (Å²) in [4.78, 5) is 8.96. The molecule has 0 amide bonds. The first kappa shape index (κ1) is 22.0. The molecule has 0 saturated carbocycles. The second-order valence-corrected chi connectivity index (χ2v) is 5.37. The average molecular weight is 470 g/mol. The molecule has 0 atom stereocenters. The Hall–Kier alpha value is -2.03. The molecule has 2 rings (SSSR count). The van der Waals surface area contributed by atoms with E-state index in [-0.39, 0.29) is 24.0 Å². The molecule has 2 N–H and O–H groups in total. The summed E-state index contributed by atoms with van der Waals surface area (Å²) in [6, 6.07) is 11.7. The lowest BCUT2D eigenvalue weighted by Crippen LogP contribution is -2.38. The highest BCUT2D eigenvalue weighted by atomic mass is 127. The van der Waals surface area contributed by atoms with Gasteiger partial charge in [0.2, 0.25) is 0 Å².